The van der Waals surface area contributed by atoms with E-state index < -0.39 is 11.7 Å². The van der Waals surface area contributed by atoms with Crippen LogP contribution in [0.25, 0.3) is 0 Å². The summed E-state index contributed by atoms with van der Waals surface area (Å²) in [6, 6.07) is 1.98. The molecule has 1 aliphatic rings. The lowest BCUT2D eigenvalue weighted by atomic mass is 9.94. The Morgan fingerprint density at radius 1 is 1.50 bits per heavy atom. The van der Waals surface area contributed by atoms with Gasteiger partial charge < -0.3 is 9.94 Å². The highest BCUT2D eigenvalue weighted by atomic mass is 16.5. The molecule has 5 nitrogen and oxygen atoms in total. The number of rotatable bonds is 2. The zero-order valence-corrected chi connectivity index (χ0v) is 10.5. The zero-order valence-electron chi connectivity index (χ0n) is 10.5. The maximum Gasteiger partial charge on any atom is 0.172 e. The minimum absolute atomic E-state index is 0.0169. The second-order valence-corrected chi connectivity index (χ2v) is 4.68. The third kappa shape index (κ3) is 3.17. The molecule has 0 bridgehead atoms. The van der Waals surface area contributed by atoms with Gasteiger partial charge in [0.1, 0.15) is 11.7 Å². The number of oxime groups is 1. The van der Waals surface area contributed by atoms with Gasteiger partial charge in [0, 0.05) is 5.57 Å². The van der Waals surface area contributed by atoms with Gasteiger partial charge in [0.25, 0.3) is 0 Å². The van der Waals surface area contributed by atoms with Crippen LogP contribution in [0.3, 0.4) is 0 Å². The highest BCUT2D eigenvalue weighted by Gasteiger charge is 2.28. The van der Waals surface area contributed by atoms with Crippen LogP contribution < -0.4 is 0 Å². The van der Waals surface area contributed by atoms with E-state index in [9.17, 15) is 4.79 Å². The van der Waals surface area contributed by atoms with Gasteiger partial charge in [0.05, 0.1) is 17.2 Å². The molecule has 1 unspecified atom stereocenters. The van der Waals surface area contributed by atoms with Gasteiger partial charge >= 0.3 is 0 Å². The summed E-state index contributed by atoms with van der Waals surface area (Å²) in [5.41, 5.74) is -0.0829. The van der Waals surface area contributed by atoms with E-state index in [1.54, 1.807) is 18.1 Å². The Morgan fingerprint density at radius 2 is 2.17 bits per heavy atom. The Kier molecular flexibility index (Phi) is 4.22. The molecule has 0 spiro atoms. The third-order valence-electron chi connectivity index (χ3n) is 2.15. The minimum atomic E-state index is -0.913. The van der Waals surface area contributed by atoms with Crippen molar-refractivity contribution in [1.29, 1.82) is 5.26 Å². The maximum absolute atomic E-state index is 10.7. The van der Waals surface area contributed by atoms with Crippen molar-refractivity contribution in [3.05, 3.63) is 29.4 Å². The van der Waals surface area contributed by atoms with Crippen molar-refractivity contribution in [3.63, 3.8) is 0 Å². The zero-order chi connectivity index (χ0) is 13.8. The fourth-order valence-electron chi connectivity index (χ4n) is 1.48. The van der Waals surface area contributed by atoms with Gasteiger partial charge in [-0.1, -0.05) is 17.3 Å². The van der Waals surface area contributed by atoms with Crippen LogP contribution in [0.5, 0.6) is 0 Å². The third-order valence-corrected chi connectivity index (χ3v) is 2.15. The van der Waals surface area contributed by atoms with Gasteiger partial charge in [-0.05, 0) is 26.8 Å². The maximum atomic E-state index is 10.7. The van der Waals surface area contributed by atoms with Crippen molar-refractivity contribution in [2.24, 2.45) is 5.16 Å². The largest absolute Gasteiger partial charge is 0.410 e. The first kappa shape index (κ1) is 13.9. The number of hydrogen-bond donors (Lipinski definition) is 1. The van der Waals surface area contributed by atoms with Crippen molar-refractivity contribution in [2.45, 2.75) is 32.5 Å². The van der Waals surface area contributed by atoms with Crippen LogP contribution in [0.1, 0.15) is 20.8 Å². The molecule has 0 aromatic carbocycles. The molecule has 1 aliphatic carbocycles. The van der Waals surface area contributed by atoms with Crippen molar-refractivity contribution in [2.75, 3.05) is 0 Å². The van der Waals surface area contributed by atoms with Gasteiger partial charge in [-0.3, -0.25) is 0 Å². The molecule has 1 atom stereocenters. The summed E-state index contributed by atoms with van der Waals surface area (Å²) in [5.74, 6) is 1.66. The van der Waals surface area contributed by atoms with Gasteiger partial charge in [0.2, 0.25) is 0 Å². The van der Waals surface area contributed by atoms with Crippen LogP contribution in [-0.2, 0) is 9.53 Å². The van der Waals surface area contributed by atoms with Crippen LogP contribution >= 0.6 is 0 Å². The highest BCUT2D eigenvalue weighted by Crippen LogP contribution is 2.22. The van der Waals surface area contributed by atoms with Crippen molar-refractivity contribution >= 4 is 11.7 Å². The van der Waals surface area contributed by atoms with E-state index >= 15 is 0 Å². The van der Waals surface area contributed by atoms with E-state index in [1.807, 2.05) is 26.8 Å². The fraction of sp³-hybridized carbons (Fsp3) is 0.385. The summed E-state index contributed by atoms with van der Waals surface area (Å²) in [6.45, 7) is 5.43. The lowest BCUT2D eigenvalue weighted by molar-refractivity contribution is -0.0173. The molecule has 0 saturated carbocycles. The summed E-state index contributed by atoms with van der Waals surface area (Å²) in [4.78, 5) is 10.7. The second kappa shape index (κ2) is 5.46. The van der Waals surface area contributed by atoms with Crippen LogP contribution in [0.15, 0.2) is 34.5 Å². The number of nitrogens with zero attached hydrogens (tertiary/aromatic N) is 2. The molecule has 0 aromatic rings. The molecule has 0 fully saturated rings. The molecular weight excluding hydrogens is 232 g/mol. The van der Waals surface area contributed by atoms with Gasteiger partial charge in [-0.2, -0.15) is 5.26 Å². The van der Waals surface area contributed by atoms with Gasteiger partial charge in [-0.25, -0.2) is 4.79 Å². The van der Waals surface area contributed by atoms with E-state index in [-0.39, 0.29) is 11.3 Å². The van der Waals surface area contributed by atoms with Crippen LogP contribution in [0.4, 0.5) is 0 Å². The molecule has 0 amide bonds. The first-order chi connectivity index (χ1) is 8.42. The molecule has 1 rings (SSSR count). The van der Waals surface area contributed by atoms with E-state index in [2.05, 4.69) is 5.16 Å². The highest BCUT2D eigenvalue weighted by molar-refractivity contribution is 6.20. The second-order valence-electron chi connectivity index (χ2n) is 4.68. The number of ether oxygens (including phenoxy) is 1. The predicted molar refractivity (Wildman–Crippen MR) is 65.9 cm³/mol. The van der Waals surface area contributed by atoms with Gasteiger partial charge in [0.15, 0.2) is 6.10 Å². The van der Waals surface area contributed by atoms with Crippen LogP contribution in [0, 0.1) is 11.3 Å². The molecule has 18 heavy (non-hydrogen) atoms. The normalized spacial score (nSPS) is 19.1. The topological polar surface area (TPSA) is 82.7 Å². The van der Waals surface area contributed by atoms with Crippen LogP contribution in [0.2, 0.25) is 0 Å². The Balaban J connectivity index is 3.14. The Labute approximate surface area is 105 Å². The molecular formula is C13H14N2O3. The lowest BCUT2D eigenvalue weighted by Crippen LogP contribution is -2.31. The van der Waals surface area contributed by atoms with Crippen molar-refractivity contribution < 1.29 is 14.7 Å². The lowest BCUT2D eigenvalue weighted by Gasteiger charge is -2.25. The fourth-order valence-corrected chi connectivity index (χ4v) is 1.48. The van der Waals surface area contributed by atoms with Crippen molar-refractivity contribution in [3.8, 4) is 6.07 Å². The first-order valence-corrected chi connectivity index (χ1v) is 5.36. The summed E-state index contributed by atoms with van der Waals surface area (Å²) >= 11 is 0. The molecule has 94 valence electrons. The van der Waals surface area contributed by atoms with E-state index in [1.165, 1.54) is 6.08 Å². The predicted octanol–water partition coefficient (Wildman–Crippen LogP) is 1.78. The molecule has 5 heteroatoms. The Morgan fingerprint density at radius 3 is 2.61 bits per heavy atom. The summed E-state index contributed by atoms with van der Waals surface area (Å²) < 4.78 is 5.55. The quantitative estimate of drug-likeness (QED) is 0.457. The van der Waals surface area contributed by atoms with E-state index in [0.29, 0.717) is 5.57 Å². The molecule has 0 aliphatic heterocycles. The smallest absolute Gasteiger partial charge is 0.172 e. The number of allylic oxidation sites excluding steroid dienone is 4. The number of nitriles is 1. The molecule has 1 N–H and O–H groups in total. The average molecular weight is 246 g/mol. The Bertz CT molecular complexity index is 509. The van der Waals surface area contributed by atoms with E-state index in [4.69, 9.17) is 15.2 Å². The summed E-state index contributed by atoms with van der Waals surface area (Å²) in [5, 5.41) is 21.1. The minimum Gasteiger partial charge on any atom is -0.410 e. The SMILES string of the molecule is CC(C)(C)OC(C#N)C1=CC=CC(=C=O)C1=NO. The Hall–Kier alpha value is -2.15. The van der Waals surface area contributed by atoms with E-state index in [0.717, 1.165) is 0 Å². The number of carbonyl (C=O) groups excluding carboxylic acids is 1. The summed E-state index contributed by atoms with van der Waals surface area (Å²) in [6.07, 6.45) is 3.71. The first-order valence-electron chi connectivity index (χ1n) is 5.36. The monoisotopic (exact) mass is 246 g/mol. The standard InChI is InChI=1S/C13H14N2O3/c1-13(2,3)18-11(7-14)10-6-4-5-9(8-16)12(10)15-17/h4-6,11,17H,1-3H3. The van der Waals surface area contributed by atoms with Crippen molar-refractivity contribution in [1.82, 2.24) is 0 Å². The molecule has 0 radical (unpaired) electrons. The molecule has 0 saturated heterocycles. The van der Waals surface area contributed by atoms with Gasteiger partial charge in [-0.15, -0.1) is 0 Å². The van der Waals surface area contributed by atoms with Crippen LogP contribution in [-0.4, -0.2) is 28.6 Å². The molecule has 0 heterocycles. The number of hydrogen-bond acceptors (Lipinski definition) is 5. The molecule has 0 aromatic heterocycles. The summed E-state index contributed by atoms with van der Waals surface area (Å²) in [7, 11) is 0. The average Bonchev–Trinajstić information content (AvgIpc) is 2.33.